The van der Waals surface area contributed by atoms with E-state index in [0.29, 0.717) is 13.0 Å². The number of hydrogen-bond acceptors (Lipinski definition) is 7. The molecule has 0 rings (SSSR count). The third kappa shape index (κ3) is 25.7. The van der Waals surface area contributed by atoms with E-state index in [9.17, 15) is 14.7 Å². The minimum absolute atomic E-state index is 0.00910. The van der Waals surface area contributed by atoms with Gasteiger partial charge in [0, 0.05) is 19.6 Å². The Bertz CT molecular complexity index is 547. The quantitative estimate of drug-likeness (QED) is 0.121. The van der Waals surface area contributed by atoms with Gasteiger partial charge in [-0.3, -0.25) is 4.79 Å². The average Bonchev–Trinajstić information content (AvgIpc) is 2.82. The third-order valence-corrected chi connectivity index (χ3v) is 5.58. The molecule has 0 spiro atoms. The highest BCUT2D eigenvalue weighted by Gasteiger charge is 2.25. The molecule has 0 fully saturated rings. The number of aliphatic hydroxyl groups is 1. The lowest BCUT2D eigenvalue weighted by atomic mass is 10.1. The molecule has 0 saturated heterocycles. The van der Waals surface area contributed by atoms with E-state index in [0.717, 1.165) is 13.0 Å². The highest BCUT2D eigenvalue weighted by molar-refractivity contribution is 5.77. The molecule has 0 saturated carbocycles. The van der Waals surface area contributed by atoms with Gasteiger partial charge in [-0.1, -0.05) is 77.6 Å². The fraction of sp³-hybridized carbons (Fsp3) is 0.929. The number of carbonyl (C=O) groups is 2. The van der Waals surface area contributed by atoms with Crippen LogP contribution in [0.4, 0.5) is 4.79 Å². The highest BCUT2D eigenvalue weighted by Crippen LogP contribution is 2.14. The average molecular weight is 518 g/mol. The van der Waals surface area contributed by atoms with Crippen LogP contribution in [-0.2, 0) is 23.7 Å². The molecular weight excluding hydrogens is 462 g/mol. The lowest BCUT2D eigenvalue weighted by Gasteiger charge is -2.28. The summed E-state index contributed by atoms with van der Waals surface area (Å²) in [5, 5.41) is 12.1. The zero-order valence-corrected chi connectivity index (χ0v) is 23.8. The minimum atomic E-state index is -0.968. The molecule has 0 bridgehead atoms. The first kappa shape index (κ1) is 34.6. The first-order chi connectivity index (χ1) is 17.1. The first-order valence-corrected chi connectivity index (χ1v) is 14.1. The number of esters is 1. The van der Waals surface area contributed by atoms with Crippen LogP contribution < -0.4 is 5.32 Å². The lowest BCUT2D eigenvalue weighted by molar-refractivity contribution is -0.157. The minimum Gasteiger partial charge on any atom is -0.461 e. The first-order valence-electron chi connectivity index (χ1n) is 14.1. The number of hydrogen-bond donors (Lipinski definition) is 2. The van der Waals surface area contributed by atoms with Crippen LogP contribution in [0, 0.1) is 0 Å². The predicted molar refractivity (Wildman–Crippen MR) is 143 cm³/mol. The second-order valence-corrected chi connectivity index (χ2v) is 10.9. The molecule has 0 aromatic rings. The molecule has 2 N–H and O–H groups in total. The van der Waals surface area contributed by atoms with Crippen molar-refractivity contribution in [3.8, 4) is 0 Å². The Hall–Kier alpha value is -1.38. The number of amides is 1. The molecule has 0 aromatic heterocycles. The Morgan fingerprint density at radius 3 is 1.78 bits per heavy atom. The van der Waals surface area contributed by atoms with Crippen LogP contribution >= 0.6 is 0 Å². The molecule has 0 aliphatic rings. The number of alkyl carbamates (subject to hydrolysis) is 1. The van der Waals surface area contributed by atoms with Crippen molar-refractivity contribution in [1.82, 2.24) is 5.32 Å². The van der Waals surface area contributed by atoms with Gasteiger partial charge in [-0.25, -0.2) is 4.79 Å². The molecule has 0 atom stereocenters. The van der Waals surface area contributed by atoms with E-state index in [1.54, 1.807) is 27.7 Å². The summed E-state index contributed by atoms with van der Waals surface area (Å²) < 4.78 is 21.3. The molecule has 1 amide bonds. The standard InChI is InChI=1S/C28H55NO7/c1-6-7-8-9-10-11-12-13-14-15-16-17-19-33-20-18-21-34-26(31)29-22-25(30)35-24-28(4,5)36-23-27(2,3)32/h32H,6-24H2,1-5H3,(H,29,31). The van der Waals surface area contributed by atoms with Crippen molar-refractivity contribution < 1.29 is 33.6 Å². The maximum Gasteiger partial charge on any atom is 0.407 e. The van der Waals surface area contributed by atoms with Gasteiger partial charge in [0.15, 0.2) is 0 Å². The SMILES string of the molecule is CCCCCCCCCCCCCCOCCCOC(=O)NCC(=O)OCC(C)(C)OCC(C)(C)O. The van der Waals surface area contributed by atoms with Crippen molar-refractivity contribution in [2.45, 2.75) is 129 Å². The van der Waals surface area contributed by atoms with Gasteiger partial charge in [0.2, 0.25) is 0 Å². The zero-order valence-electron chi connectivity index (χ0n) is 23.8. The topological polar surface area (TPSA) is 103 Å². The molecule has 0 aromatic carbocycles. The van der Waals surface area contributed by atoms with Crippen molar-refractivity contribution in [2.24, 2.45) is 0 Å². The molecule has 0 heterocycles. The summed E-state index contributed by atoms with van der Waals surface area (Å²) in [5.41, 5.74) is -1.71. The number of rotatable bonds is 24. The van der Waals surface area contributed by atoms with Crippen LogP contribution in [-0.4, -0.2) is 68.0 Å². The zero-order chi connectivity index (χ0) is 27.1. The molecule has 0 unspecified atom stereocenters. The van der Waals surface area contributed by atoms with E-state index in [1.165, 1.54) is 70.6 Å². The Balaban J connectivity index is 3.47. The number of ether oxygens (including phenoxy) is 4. The van der Waals surface area contributed by atoms with Crippen molar-refractivity contribution in [3.05, 3.63) is 0 Å². The molecule has 8 nitrogen and oxygen atoms in total. The molecular formula is C28H55NO7. The van der Waals surface area contributed by atoms with Gasteiger partial charge < -0.3 is 29.4 Å². The van der Waals surface area contributed by atoms with Crippen LogP contribution in [0.1, 0.15) is 118 Å². The third-order valence-electron chi connectivity index (χ3n) is 5.58. The van der Waals surface area contributed by atoms with Crippen LogP contribution in [0.25, 0.3) is 0 Å². The highest BCUT2D eigenvalue weighted by atomic mass is 16.6. The Labute approximate surface area is 220 Å². The largest absolute Gasteiger partial charge is 0.461 e. The summed E-state index contributed by atoms with van der Waals surface area (Å²) in [6.45, 7) is 10.4. The van der Waals surface area contributed by atoms with Crippen LogP contribution in [0.3, 0.4) is 0 Å². The van der Waals surface area contributed by atoms with Crippen molar-refractivity contribution in [2.75, 3.05) is 39.6 Å². The van der Waals surface area contributed by atoms with Gasteiger partial charge in [0.25, 0.3) is 0 Å². The molecule has 0 radical (unpaired) electrons. The predicted octanol–water partition coefficient (Wildman–Crippen LogP) is 5.93. The summed E-state index contributed by atoms with van der Waals surface area (Å²) in [6.07, 6.45) is 15.8. The van der Waals surface area contributed by atoms with Gasteiger partial charge in [-0.15, -0.1) is 0 Å². The van der Waals surface area contributed by atoms with E-state index in [-0.39, 0.29) is 26.4 Å². The van der Waals surface area contributed by atoms with E-state index in [2.05, 4.69) is 12.2 Å². The van der Waals surface area contributed by atoms with Gasteiger partial charge in [-0.05, 0) is 34.1 Å². The van der Waals surface area contributed by atoms with Gasteiger partial charge in [0.1, 0.15) is 13.2 Å². The Morgan fingerprint density at radius 1 is 0.694 bits per heavy atom. The maximum atomic E-state index is 11.8. The second kappa shape index (κ2) is 21.7. The van der Waals surface area contributed by atoms with Gasteiger partial charge in [0.05, 0.1) is 24.4 Å². The van der Waals surface area contributed by atoms with E-state index >= 15 is 0 Å². The van der Waals surface area contributed by atoms with Gasteiger partial charge >= 0.3 is 12.1 Å². The van der Waals surface area contributed by atoms with Crippen molar-refractivity contribution in [3.63, 3.8) is 0 Å². The monoisotopic (exact) mass is 517 g/mol. The summed E-state index contributed by atoms with van der Waals surface area (Å²) in [5.74, 6) is -0.586. The second-order valence-electron chi connectivity index (χ2n) is 10.9. The summed E-state index contributed by atoms with van der Waals surface area (Å²) in [6, 6.07) is 0. The van der Waals surface area contributed by atoms with Gasteiger partial charge in [-0.2, -0.15) is 0 Å². The van der Waals surface area contributed by atoms with Crippen LogP contribution in [0.5, 0.6) is 0 Å². The molecule has 0 aliphatic carbocycles. The normalized spacial score (nSPS) is 11.9. The Kier molecular flexibility index (Phi) is 20.9. The molecule has 8 heteroatoms. The molecule has 36 heavy (non-hydrogen) atoms. The summed E-state index contributed by atoms with van der Waals surface area (Å²) in [4.78, 5) is 23.5. The van der Waals surface area contributed by atoms with E-state index in [4.69, 9.17) is 18.9 Å². The van der Waals surface area contributed by atoms with E-state index in [1.807, 2.05) is 0 Å². The molecule has 214 valence electrons. The smallest absolute Gasteiger partial charge is 0.407 e. The summed E-state index contributed by atoms with van der Waals surface area (Å²) >= 11 is 0. The maximum absolute atomic E-state index is 11.8. The van der Waals surface area contributed by atoms with Crippen LogP contribution in [0.15, 0.2) is 0 Å². The van der Waals surface area contributed by atoms with E-state index < -0.39 is 23.3 Å². The fourth-order valence-electron chi connectivity index (χ4n) is 3.39. The number of carbonyl (C=O) groups excluding carboxylic acids is 2. The number of nitrogens with one attached hydrogen (secondary N) is 1. The lowest BCUT2D eigenvalue weighted by Crippen LogP contribution is -2.39. The van der Waals surface area contributed by atoms with Crippen LogP contribution in [0.2, 0.25) is 0 Å². The summed E-state index contributed by atoms with van der Waals surface area (Å²) in [7, 11) is 0. The van der Waals surface area contributed by atoms with Crippen molar-refractivity contribution >= 4 is 12.1 Å². The molecule has 0 aliphatic heterocycles. The fourth-order valence-corrected chi connectivity index (χ4v) is 3.39. The Morgan fingerprint density at radius 2 is 1.22 bits per heavy atom. The van der Waals surface area contributed by atoms with Crippen molar-refractivity contribution in [1.29, 1.82) is 0 Å². The number of unbranched alkanes of at least 4 members (excludes halogenated alkanes) is 11.